The highest BCUT2D eigenvalue weighted by atomic mass is 16.5. The maximum atomic E-state index is 12.5. The lowest BCUT2D eigenvalue weighted by atomic mass is 10.0. The van der Waals surface area contributed by atoms with Crippen molar-refractivity contribution in [1.29, 1.82) is 0 Å². The van der Waals surface area contributed by atoms with Gasteiger partial charge in [-0.25, -0.2) is 0 Å². The summed E-state index contributed by atoms with van der Waals surface area (Å²) in [6.45, 7) is 4.54. The van der Waals surface area contributed by atoms with E-state index in [1.807, 2.05) is 43.0 Å². The minimum atomic E-state index is -0.426. The first-order valence-corrected chi connectivity index (χ1v) is 7.22. The molecule has 110 valence electrons. The third-order valence-corrected chi connectivity index (χ3v) is 3.81. The van der Waals surface area contributed by atoms with Crippen LogP contribution in [0.15, 0.2) is 24.3 Å². The van der Waals surface area contributed by atoms with E-state index in [9.17, 15) is 4.79 Å². The van der Waals surface area contributed by atoms with Crippen molar-refractivity contribution in [2.45, 2.75) is 45.3 Å². The van der Waals surface area contributed by atoms with Crippen molar-refractivity contribution < 1.29 is 9.53 Å². The van der Waals surface area contributed by atoms with Crippen molar-refractivity contribution in [2.75, 3.05) is 7.11 Å². The van der Waals surface area contributed by atoms with Crippen LogP contribution in [0.5, 0.6) is 5.75 Å². The molecular formula is C16H24N2O2. The number of nitrogens with two attached hydrogens (primary N) is 1. The van der Waals surface area contributed by atoms with E-state index in [-0.39, 0.29) is 11.8 Å². The Bertz CT molecular complexity index is 469. The molecule has 1 amide bonds. The van der Waals surface area contributed by atoms with Crippen LogP contribution < -0.4 is 10.5 Å². The average Bonchev–Trinajstić information content (AvgIpc) is 3.28. The summed E-state index contributed by atoms with van der Waals surface area (Å²) < 4.78 is 5.36. The molecule has 2 N–H and O–H groups in total. The van der Waals surface area contributed by atoms with Crippen molar-refractivity contribution in [3.63, 3.8) is 0 Å². The molecule has 0 saturated heterocycles. The number of nitrogens with zero attached hydrogens (tertiary/aromatic N) is 1. The number of amides is 1. The van der Waals surface area contributed by atoms with Gasteiger partial charge in [-0.3, -0.25) is 4.79 Å². The Morgan fingerprint density at radius 2 is 2.05 bits per heavy atom. The van der Waals surface area contributed by atoms with Crippen molar-refractivity contribution in [3.05, 3.63) is 29.8 Å². The van der Waals surface area contributed by atoms with Crippen LogP contribution in [0.4, 0.5) is 0 Å². The molecule has 1 aromatic carbocycles. The number of para-hydroxylation sites is 1. The Balaban J connectivity index is 2.16. The summed E-state index contributed by atoms with van der Waals surface area (Å²) in [4.78, 5) is 14.4. The Hall–Kier alpha value is -1.55. The molecule has 0 bridgehead atoms. The third-order valence-electron chi connectivity index (χ3n) is 3.81. The number of hydrogen-bond donors (Lipinski definition) is 1. The van der Waals surface area contributed by atoms with Gasteiger partial charge in [0.1, 0.15) is 5.75 Å². The molecule has 1 aliphatic rings. The predicted octanol–water partition coefficient (Wildman–Crippen LogP) is 2.17. The SMILES string of the molecule is COc1ccccc1CN(C(=O)[C@H](N)C(C)C)C1CC1. The van der Waals surface area contributed by atoms with E-state index < -0.39 is 6.04 Å². The first kappa shape index (κ1) is 14.9. The molecule has 4 heteroatoms. The molecule has 1 saturated carbocycles. The molecule has 1 aromatic rings. The zero-order valence-corrected chi connectivity index (χ0v) is 12.5. The molecule has 0 radical (unpaired) electrons. The number of benzene rings is 1. The van der Waals surface area contributed by atoms with Gasteiger partial charge in [-0.1, -0.05) is 32.0 Å². The van der Waals surface area contributed by atoms with Crippen LogP contribution in [0.25, 0.3) is 0 Å². The van der Waals surface area contributed by atoms with Crippen LogP contribution >= 0.6 is 0 Å². The first-order valence-electron chi connectivity index (χ1n) is 7.22. The van der Waals surface area contributed by atoms with Crippen LogP contribution in [0.1, 0.15) is 32.3 Å². The molecule has 0 heterocycles. The molecular weight excluding hydrogens is 252 g/mol. The van der Waals surface area contributed by atoms with E-state index >= 15 is 0 Å². The molecule has 1 fully saturated rings. The second-order valence-electron chi connectivity index (χ2n) is 5.78. The van der Waals surface area contributed by atoms with E-state index in [1.165, 1.54) is 0 Å². The zero-order valence-electron chi connectivity index (χ0n) is 12.5. The highest BCUT2D eigenvalue weighted by Crippen LogP contribution is 2.31. The maximum Gasteiger partial charge on any atom is 0.240 e. The topological polar surface area (TPSA) is 55.6 Å². The van der Waals surface area contributed by atoms with Gasteiger partial charge in [-0.2, -0.15) is 0 Å². The second kappa shape index (κ2) is 6.27. The number of methoxy groups -OCH3 is 1. The number of carbonyl (C=O) groups is 1. The van der Waals surface area contributed by atoms with Gasteiger partial charge < -0.3 is 15.4 Å². The molecule has 1 atom stereocenters. The van der Waals surface area contributed by atoms with Crippen LogP contribution in [0.3, 0.4) is 0 Å². The van der Waals surface area contributed by atoms with Crippen molar-refractivity contribution in [2.24, 2.45) is 11.7 Å². The fourth-order valence-electron chi connectivity index (χ4n) is 2.27. The van der Waals surface area contributed by atoms with Gasteiger partial charge in [-0.15, -0.1) is 0 Å². The minimum Gasteiger partial charge on any atom is -0.496 e. The largest absolute Gasteiger partial charge is 0.496 e. The molecule has 0 aromatic heterocycles. The van der Waals surface area contributed by atoms with Crippen molar-refractivity contribution in [3.8, 4) is 5.75 Å². The Morgan fingerprint density at radius 3 is 2.60 bits per heavy atom. The summed E-state index contributed by atoms with van der Waals surface area (Å²) in [6, 6.07) is 7.75. The van der Waals surface area contributed by atoms with E-state index in [1.54, 1.807) is 7.11 Å². The summed E-state index contributed by atoms with van der Waals surface area (Å²) in [6.07, 6.45) is 2.15. The minimum absolute atomic E-state index is 0.0495. The third kappa shape index (κ3) is 3.31. The molecule has 0 unspecified atom stereocenters. The van der Waals surface area contributed by atoms with Gasteiger partial charge in [0.25, 0.3) is 0 Å². The number of carbonyl (C=O) groups excluding carboxylic acids is 1. The fraction of sp³-hybridized carbons (Fsp3) is 0.562. The van der Waals surface area contributed by atoms with Crippen molar-refractivity contribution in [1.82, 2.24) is 4.90 Å². The van der Waals surface area contributed by atoms with Gasteiger partial charge in [0.15, 0.2) is 0 Å². The van der Waals surface area contributed by atoms with E-state index in [2.05, 4.69) is 0 Å². The molecule has 0 aliphatic heterocycles. The highest BCUT2D eigenvalue weighted by Gasteiger charge is 2.35. The second-order valence-corrected chi connectivity index (χ2v) is 5.78. The van der Waals surface area contributed by atoms with E-state index in [4.69, 9.17) is 10.5 Å². The number of ether oxygens (including phenoxy) is 1. The van der Waals surface area contributed by atoms with Gasteiger partial charge in [0.2, 0.25) is 5.91 Å². The lowest BCUT2D eigenvalue weighted by molar-refractivity contribution is -0.134. The summed E-state index contributed by atoms with van der Waals surface area (Å²) in [7, 11) is 1.65. The van der Waals surface area contributed by atoms with Gasteiger partial charge in [-0.05, 0) is 24.8 Å². The average molecular weight is 276 g/mol. The van der Waals surface area contributed by atoms with Crippen LogP contribution in [0.2, 0.25) is 0 Å². The molecule has 1 aliphatic carbocycles. The molecule has 2 rings (SSSR count). The zero-order chi connectivity index (χ0) is 14.7. The van der Waals surface area contributed by atoms with Gasteiger partial charge in [0.05, 0.1) is 13.2 Å². The molecule has 4 nitrogen and oxygen atoms in total. The Morgan fingerprint density at radius 1 is 1.40 bits per heavy atom. The summed E-state index contributed by atoms with van der Waals surface area (Å²) in [5.74, 6) is 1.03. The van der Waals surface area contributed by atoms with Crippen LogP contribution in [-0.4, -0.2) is 30.0 Å². The lowest BCUT2D eigenvalue weighted by Crippen LogP contribution is -2.47. The smallest absolute Gasteiger partial charge is 0.240 e. The van der Waals surface area contributed by atoms with E-state index in [0.29, 0.717) is 12.6 Å². The Kier molecular flexibility index (Phi) is 4.65. The normalized spacial score (nSPS) is 16.1. The summed E-state index contributed by atoms with van der Waals surface area (Å²) >= 11 is 0. The van der Waals surface area contributed by atoms with Gasteiger partial charge >= 0.3 is 0 Å². The summed E-state index contributed by atoms with van der Waals surface area (Å²) in [5, 5.41) is 0. The van der Waals surface area contributed by atoms with Gasteiger partial charge in [0, 0.05) is 18.2 Å². The quantitative estimate of drug-likeness (QED) is 0.866. The molecule has 0 spiro atoms. The number of hydrogen-bond acceptors (Lipinski definition) is 3. The Labute approximate surface area is 120 Å². The standard InChI is InChI=1S/C16H24N2O2/c1-11(2)15(17)16(19)18(13-8-9-13)10-12-6-4-5-7-14(12)20-3/h4-7,11,13,15H,8-10,17H2,1-3H3/t15-/m1/s1. The van der Waals surface area contributed by atoms with Crippen molar-refractivity contribution >= 4 is 5.91 Å². The predicted molar refractivity (Wildman–Crippen MR) is 79.4 cm³/mol. The highest BCUT2D eigenvalue weighted by molar-refractivity contribution is 5.82. The maximum absolute atomic E-state index is 12.5. The van der Waals surface area contributed by atoms with Crippen LogP contribution in [-0.2, 0) is 11.3 Å². The summed E-state index contributed by atoms with van der Waals surface area (Å²) in [5.41, 5.74) is 7.06. The first-order chi connectivity index (χ1) is 9.54. The van der Waals surface area contributed by atoms with E-state index in [0.717, 1.165) is 24.2 Å². The fourth-order valence-corrected chi connectivity index (χ4v) is 2.27. The number of rotatable bonds is 6. The van der Waals surface area contributed by atoms with Crippen LogP contribution in [0, 0.1) is 5.92 Å². The molecule has 20 heavy (non-hydrogen) atoms. The lowest BCUT2D eigenvalue weighted by Gasteiger charge is -2.28. The monoisotopic (exact) mass is 276 g/mol.